The van der Waals surface area contributed by atoms with Crippen LogP contribution in [0.15, 0.2) is 66.2 Å². The fourth-order valence-electron chi connectivity index (χ4n) is 3.44. The van der Waals surface area contributed by atoms with Gasteiger partial charge in [-0.25, -0.2) is 0 Å². The molecule has 0 fully saturated rings. The van der Waals surface area contributed by atoms with Crippen molar-refractivity contribution in [1.82, 2.24) is 15.9 Å². The van der Waals surface area contributed by atoms with Crippen LogP contribution in [0, 0.1) is 0 Å². The first-order valence-corrected chi connectivity index (χ1v) is 9.82. The summed E-state index contributed by atoms with van der Waals surface area (Å²) in [5.74, 6) is -0.0632. The third-order valence-corrected chi connectivity index (χ3v) is 4.98. The minimum Gasteiger partial charge on any atom is -0.320 e. The first-order chi connectivity index (χ1) is 13.8. The zero-order chi connectivity index (χ0) is 19.3. The van der Waals surface area contributed by atoms with Crippen LogP contribution in [0.1, 0.15) is 39.0 Å². The van der Waals surface area contributed by atoms with Crippen molar-refractivity contribution >= 4 is 28.2 Å². The molecule has 0 radical (unpaired) electrons. The van der Waals surface area contributed by atoms with Crippen molar-refractivity contribution in [3.8, 4) is 0 Å². The number of benzene rings is 1. The van der Waals surface area contributed by atoms with Gasteiger partial charge in [-0.3, -0.25) is 14.8 Å². The summed E-state index contributed by atoms with van der Waals surface area (Å²) in [6, 6.07) is 7.86. The molecule has 28 heavy (non-hydrogen) atoms. The number of nitrogens with one attached hydrogen (secondary N) is 3. The van der Waals surface area contributed by atoms with E-state index < -0.39 is 0 Å². The molecular formula is C22H25N5O. The molecule has 2 aromatic rings. The highest BCUT2D eigenvalue weighted by Gasteiger charge is 2.18. The topological polar surface area (TPSA) is 69.3 Å². The molecule has 0 atom stereocenters. The lowest BCUT2D eigenvalue weighted by molar-refractivity contribution is -0.113. The molecule has 6 heteroatoms. The summed E-state index contributed by atoms with van der Waals surface area (Å²) >= 11 is 0. The number of pyridine rings is 1. The molecule has 1 aliphatic carbocycles. The summed E-state index contributed by atoms with van der Waals surface area (Å²) in [6.45, 7) is 2.19. The van der Waals surface area contributed by atoms with Crippen LogP contribution in [-0.4, -0.2) is 10.9 Å². The van der Waals surface area contributed by atoms with Crippen LogP contribution in [0.4, 0.5) is 11.4 Å². The van der Waals surface area contributed by atoms with Crippen LogP contribution in [0.3, 0.4) is 0 Å². The molecule has 1 amide bonds. The second-order valence-electron chi connectivity index (χ2n) is 7.01. The third kappa shape index (κ3) is 3.77. The lowest BCUT2D eigenvalue weighted by atomic mass is 10.0. The monoisotopic (exact) mass is 375 g/mol. The van der Waals surface area contributed by atoms with E-state index in [0.717, 1.165) is 65.7 Å². The van der Waals surface area contributed by atoms with Gasteiger partial charge < -0.3 is 10.7 Å². The maximum atomic E-state index is 12.6. The Balaban J connectivity index is 1.62. The lowest BCUT2D eigenvalue weighted by Crippen LogP contribution is -2.36. The molecule has 0 spiro atoms. The van der Waals surface area contributed by atoms with Gasteiger partial charge in [0.05, 0.1) is 16.9 Å². The van der Waals surface area contributed by atoms with Crippen LogP contribution in [0.25, 0.3) is 10.9 Å². The predicted molar refractivity (Wildman–Crippen MR) is 113 cm³/mol. The number of hydrogen-bond donors (Lipinski definition) is 3. The highest BCUT2D eigenvalue weighted by atomic mass is 16.1. The van der Waals surface area contributed by atoms with Gasteiger partial charge in [0.2, 0.25) is 0 Å². The summed E-state index contributed by atoms with van der Waals surface area (Å²) in [5, 5.41) is 5.98. The van der Waals surface area contributed by atoms with Gasteiger partial charge in [0.1, 0.15) is 0 Å². The minimum absolute atomic E-state index is 0.0632. The van der Waals surface area contributed by atoms with E-state index in [4.69, 9.17) is 0 Å². The van der Waals surface area contributed by atoms with Gasteiger partial charge in [-0.15, -0.1) is 5.53 Å². The van der Waals surface area contributed by atoms with E-state index in [1.807, 2.05) is 41.4 Å². The smallest absolute Gasteiger partial charge is 0.251 e. The number of carbonyl (C=O) groups is 1. The van der Waals surface area contributed by atoms with Crippen molar-refractivity contribution in [2.45, 2.75) is 39.0 Å². The van der Waals surface area contributed by atoms with Gasteiger partial charge >= 0.3 is 0 Å². The average Bonchev–Trinajstić information content (AvgIpc) is 3.22. The van der Waals surface area contributed by atoms with Crippen LogP contribution >= 0.6 is 0 Å². The number of carbonyl (C=O) groups excluding carboxylic acids is 1. The van der Waals surface area contributed by atoms with Crippen LogP contribution < -0.4 is 21.3 Å². The fraction of sp³-hybridized carbons (Fsp3) is 0.273. The Morgan fingerprint density at radius 2 is 2.25 bits per heavy atom. The van der Waals surface area contributed by atoms with Crippen LogP contribution in [-0.2, 0) is 4.79 Å². The van der Waals surface area contributed by atoms with Gasteiger partial charge in [0.15, 0.2) is 0 Å². The first kappa shape index (κ1) is 18.3. The Bertz CT molecular complexity index is 976. The van der Waals surface area contributed by atoms with Gasteiger partial charge in [0.25, 0.3) is 5.91 Å². The van der Waals surface area contributed by atoms with Crippen molar-refractivity contribution < 1.29 is 4.79 Å². The fourth-order valence-corrected chi connectivity index (χ4v) is 3.44. The number of amides is 1. The molecule has 2 aliphatic rings. The number of hydrazine groups is 2. The number of fused-ring (bicyclic) bond motifs is 1. The number of rotatable bonds is 6. The molecule has 2 heterocycles. The SMILES string of the molecule is CCCCC1=CN(c2ccc(NC(=O)C3=CC=CCC3)c3ncccc23)NN1. The average molecular weight is 375 g/mol. The van der Waals surface area contributed by atoms with Crippen molar-refractivity contribution in [1.29, 1.82) is 0 Å². The van der Waals surface area contributed by atoms with E-state index in [9.17, 15) is 4.79 Å². The molecule has 1 aliphatic heterocycles. The number of nitrogens with zero attached hydrogens (tertiary/aromatic N) is 2. The van der Waals surface area contributed by atoms with Crippen molar-refractivity contribution in [3.05, 3.63) is 66.2 Å². The Morgan fingerprint density at radius 3 is 3.07 bits per heavy atom. The number of allylic oxidation sites excluding steroid dienone is 4. The summed E-state index contributed by atoms with van der Waals surface area (Å²) in [5.41, 5.74) is 10.9. The Kier molecular flexibility index (Phi) is 5.39. The molecule has 3 N–H and O–H groups in total. The summed E-state index contributed by atoms with van der Waals surface area (Å²) in [7, 11) is 0. The van der Waals surface area contributed by atoms with Crippen molar-refractivity contribution in [2.24, 2.45) is 0 Å². The second kappa shape index (κ2) is 8.27. The summed E-state index contributed by atoms with van der Waals surface area (Å²) in [4.78, 5) is 17.1. The zero-order valence-corrected chi connectivity index (χ0v) is 16.0. The Morgan fingerprint density at radius 1 is 1.32 bits per heavy atom. The summed E-state index contributed by atoms with van der Waals surface area (Å²) < 4.78 is 0. The van der Waals surface area contributed by atoms with E-state index in [0.29, 0.717) is 0 Å². The quantitative estimate of drug-likeness (QED) is 0.702. The molecule has 0 unspecified atom stereocenters. The number of anilines is 2. The number of aromatic nitrogens is 1. The normalized spacial score (nSPS) is 16.0. The molecule has 6 nitrogen and oxygen atoms in total. The Hall–Kier alpha value is -3.12. The van der Waals surface area contributed by atoms with Gasteiger partial charge in [0, 0.05) is 29.1 Å². The predicted octanol–water partition coefficient (Wildman–Crippen LogP) is 4.31. The molecule has 1 aromatic carbocycles. The minimum atomic E-state index is -0.0632. The maximum absolute atomic E-state index is 12.6. The maximum Gasteiger partial charge on any atom is 0.251 e. The van der Waals surface area contributed by atoms with Crippen molar-refractivity contribution in [2.75, 3.05) is 10.3 Å². The van der Waals surface area contributed by atoms with E-state index in [-0.39, 0.29) is 5.91 Å². The largest absolute Gasteiger partial charge is 0.320 e. The lowest BCUT2D eigenvalue weighted by Gasteiger charge is -2.19. The van der Waals surface area contributed by atoms with Crippen molar-refractivity contribution in [3.63, 3.8) is 0 Å². The second-order valence-corrected chi connectivity index (χ2v) is 7.01. The molecule has 1 aromatic heterocycles. The van der Waals surface area contributed by atoms with Gasteiger partial charge in [-0.1, -0.05) is 31.6 Å². The number of unbranched alkanes of at least 4 members (excludes halogenated alkanes) is 1. The van der Waals surface area contributed by atoms with E-state index in [1.165, 1.54) is 0 Å². The first-order valence-electron chi connectivity index (χ1n) is 9.82. The highest BCUT2D eigenvalue weighted by molar-refractivity contribution is 6.10. The molecule has 0 saturated heterocycles. The molecule has 0 saturated carbocycles. The van der Waals surface area contributed by atoms with Crippen LogP contribution in [0.5, 0.6) is 0 Å². The summed E-state index contributed by atoms with van der Waals surface area (Å²) in [6.07, 6.45) is 14.7. The van der Waals surface area contributed by atoms with E-state index >= 15 is 0 Å². The van der Waals surface area contributed by atoms with E-state index in [2.05, 4.69) is 40.5 Å². The van der Waals surface area contributed by atoms with Crippen LogP contribution in [0.2, 0.25) is 0 Å². The highest BCUT2D eigenvalue weighted by Crippen LogP contribution is 2.32. The molecule has 0 bridgehead atoms. The van der Waals surface area contributed by atoms with Gasteiger partial charge in [-0.05, 0) is 49.9 Å². The zero-order valence-electron chi connectivity index (χ0n) is 16.0. The molecular weight excluding hydrogens is 350 g/mol. The van der Waals surface area contributed by atoms with E-state index in [1.54, 1.807) is 6.20 Å². The number of hydrogen-bond acceptors (Lipinski definition) is 5. The van der Waals surface area contributed by atoms with Gasteiger partial charge in [-0.2, -0.15) is 0 Å². The third-order valence-electron chi connectivity index (χ3n) is 4.98. The molecule has 4 rings (SSSR count). The molecule has 144 valence electrons. The standard InChI is InChI=1S/C22H25N5O/c1-2-3-10-17-15-27(26-25-17)20-13-12-19(21-18(20)11-7-14-23-21)24-22(28)16-8-5-4-6-9-16/h4-5,7-8,11-15,25-26H,2-3,6,9-10H2,1H3,(H,24,28). The Labute approximate surface area is 165 Å².